The number of hydrogen-bond acceptors (Lipinski definition) is 5. The molecule has 2 aromatic heterocycles. The van der Waals surface area contributed by atoms with Crippen molar-refractivity contribution in [3.8, 4) is 11.3 Å². The van der Waals surface area contributed by atoms with Crippen LogP contribution in [-0.2, 0) is 17.6 Å². The van der Waals surface area contributed by atoms with Gasteiger partial charge < -0.3 is 14.5 Å². The van der Waals surface area contributed by atoms with Gasteiger partial charge in [0.15, 0.2) is 0 Å². The van der Waals surface area contributed by atoms with Crippen LogP contribution in [0.3, 0.4) is 0 Å². The van der Waals surface area contributed by atoms with Gasteiger partial charge in [-0.3, -0.25) is 9.89 Å². The number of aromatic nitrogens is 3. The van der Waals surface area contributed by atoms with E-state index < -0.39 is 5.60 Å². The van der Waals surface area contributed by atoms with E-state index in [1.807, 2.05) is 62.2 Å². The highest BCUT2D eigenvalue weighted by Crippen LogP contribution is 2.37. The average molecular weight is 512 g/mol. The van der Waals surface area contributed by atoms with Crippen LogP contribution in [0.5, 0.6) is 0 Å². The van der Waals surface area contributed by atoms with Crippen molar-refractivity contribution >= 4 is 33.8 Å². The van der Waals surface area contributed by atoms with Crippen LogP contribution in [0.25, 0.3) is 33.1 Å². The molecule has 6 rings (SSSR count). The molecule has 1 fully saturated rings. The molecule has 3 heterocycles. The third-order valence-electron chi connectivity index (χ3n) is 7.51. The second-order valence-corrected chi connectivity index (χ2v) is 11.3. The van der Waals surface area contributed by atoms with Gasteiger partial charge in [-0.25, -0.2) is 9.78 Å². The lowest BCUT2D eigenvalue weighted by Crippen LogP contribution is -2.51. The quantitative estimate of drug-likeness (QED) is 0.392. The Hall–Kier alpha value is -3.94. The first-order chi connectivity index (χ1) is 18.3. The lowest BCUT2D eigenvalue weighted by Gasteiger charge is -2.35. The van der Waals surface area contributed by atoms with Crippen molar-refractivity contribution in [3.63, 3.8) is 0 Å². The zero-order chi connectivity index (χ0) is 26.4. The van der Waals surface area contributed by atoms with Crippen LogP contribution in [0, 0.1) is 0 Å². The van der Waals surface area contributed by atoms with Gasteiger partial charge in [0.1, 0.15) is 5.60 Å². The topological polar surface area (TPSA) is 91.4 Å². The Morgan fingerprint density at radius 3 is 2.29 bits per heavy atom. The molecule has 0 saturated carbocycles. The van der Waals surface area contributed by atoms with E-state index in [0.29, 0.717) is 31.7 Å². The number of rotatable bonds is 2. The van der Waals surface area contributed by atoms with Gasteiger partial charge in [-0.05, 0) is 81.8 Å². The highest BCUT2D eigenvalue weighted by molar-refractivity contribution is 6.07. The number of aromatic amines is 1. The van der Waals surface area contributed by atoms with Crippen LogP contribution >= 0.6 is 0 Å². The summed E-state index contributed by atoms with van der Waals surface area (Å²) < 4.78 is 5.47. The minimum atomic E-state index is -0.531. The Kier molecular flexibility index (Phi) is 6.05. The van der Waals surface area contributed by atoms with Crippen LogP contribution < -0.4 is 0 Å². The molecule has 1 saturated heterocycles. The summed E-state index contributed by atoms with van der Waals surface area (Å²) in [4.78, 5) is 34.2. The van der Waals surface area contributed by atoms with Crippen LogP contribution in [0.4, 0.5) is 4.79 Å². The summed E-state index contributed by atoms with van der Waals surface area (Å²) >= 11 is 0. The second kappa shape index (κ2) is 9.42. The summed E-state index contributed by atoms with van der Waals surface area (Å²) in [6.45, 7) is 7.48. The maximum absolute atomic E-state index is 13.2. The zero-order valence-corrected chi connectivity index (χ0v) is 22.2. The monoisotopic (exact) mass is 511 g/mol. The summed E-state index contributed by atoms with van der Waals surface area (Å²) in [5, 5.41) is 9.69. The number of aryl methyl sites for hydroxylation is 1. The number of H-pyrrole nitrogens is 1. The normalized spacial score (nSPS) is 16.1. The summed E-state index contributed by atoms with van der Waals surface area (Å²) in [7, 11) is 0. The fourth-order valence-corrected chi connectivity index (χ4v) is 5.66. The van der Waals surface area contributed by atoms with E-state index in [9.17, 15) is 9.59 Å². The third kappa shape index (κ3) is 4.48. The summed E-state index contributed by atoms with van der Waals surface area (Å²) in [6, 6.07) is 12.0. The Bertz CT molecular complexity index is 1530. The zero-order valence-electron chi connectivity index (χ0n) is 22.2. The number of hydrogen-bond donors (Lipinski definition) is 1. The maximum atomic E-state index is 13.2. The van der Waals surface area contributed by atoms with Crippen LogP contribution in [0.2, 0.25) is 0 Å². The predicted octanol–water partition coefficient (Wildman–Crippen LogP) is 5.35. The van der Waals surface area contributed by atoms with E-state index >= 15 is 0 Å². The molecule has 4 aromatic rings. The number of carbonyl (C=O) groups excluding carboxylic acids is 2. The van der Waals surface area contributed by atoms with Gasteiger partial charge in [-0.1, -0.05) is 12.1 Å². The first-order valence-electron chi connectivity index (χ1n) is 13.4. The van der Waals surface area contributed by atoms with Crippen molar-refractivity contribution in [2.24, 2.45) is 0 Å². The highest BCUT2D eigenvalue weighted by atomic mass is 16.6. The van der Waals surface area contributed by atoms with Crippen molar-refractivity contribution in [1.29, 1.82) is 0 Å². The SMILES string of the molecule is CC(C)(C)OC(=O)N1CCN(C(=O)c2ccc(-c3nc4ccc5[nH]ncc5c4c4c3CCCC4)cc2)CC1. The van der Waals surface area contributed by atoms with Gasteiger partial charge in [-0.2, -0.15) is 5.10 Å². The van der Waals surface area contributed by atoms with Crippen molar-refractivity contribution < 1.29 is 14.3 Å². The molecule has 0 radical (unpaired) electrons. The minimum Gasteiger partial charge on any atom is -0.444 e. The van der Waals surface area contributed by atoms with Crippen molar-refractivity contribution in [1.82, 2.24) is 25.0 Å². The number of pyridine rings is 1. The number of nitrogens with zero attached hydrogens (tertiary/aromatic N) is 4. The molecule has 8 nitrogen and oxygen atoms in total. The number of piperazine rings is 1. The van der Waals surface area contributed by atoms with Gasteiger partial charge in [0, 0.05) is 48.1 Å². The van der Waals surface area contributed by atoms with E-state index in [0.717, 1.165) is 46.9 Å². The minimum absolute atomic E-state index is 0.0174. The molecule has 2 aliphatic rings. The molecule has 1 aliphatic carbocycles. The van der Waals surface area contributed by atoms with Gasteiger partial charge in [0.05, 0.1) is 22.9 Å². The average Bonchev–Trinajstić information content (AvgIpc) is 3.40. The standard InChI is InChI=1S/C30H33N5O3/c1-30(2,3)38-29(37)35-16-14-34(15-17-35)28(36)20-10-8-19(9-11-20)27-22-7-5-4-6-21(22)26-23-18-31-33-24(23)12-13-25(26)32-27/h8-13,18H,4-7,14-17H2,1-3H3,(H,31,33). The van der Waals surface area contributed by atoms with Crippen molar-refractivity contribution in [2.45, 2.75) is 52.1 Å². The predicted molar refractivity (Wildman–Crippen MR) is 147 cm³/mol. The van der Waals surface area contributed by atoms with E-state index in [1.165, 1.54) is 22.9 Å². The molecule has 0 spiro atoms. The smallest absolute Gasteiger partial charge is 0.410 e. The van der Waals surface area contributed by atoms with Gasteiger partial charge >= 0.3 is 6.09 Å². The van der Waals surface area contributed by atoms with Crippen LogP contribution in [0.15, 0.2) is 42.6 Å². The van der Waals surface area contributed by atoms with Gasteiger partial charge in [0.25, 0.3) is 5.91 Å². The molecule has 38 heavy (non-hydrogen) atoms. The molecule has 1 aliphatic heterocycles. The Morgan fingerprint density at radius 1 is 0.895 bits per heavy atom. The lowest BCUT2D eigenvalue weighted by molar-refractivity contribution is 0.0141. The number of ether oxygens (including phenoxy) is 1. The molecule has 196 valence electrons. The van der Waals surface area contributed by atoms with Crippen molar-refractivity contribution in [2.75, 3.05) is 26.2 Å². The molecule has 0 unspecified atom stereocenters. The molecule has 0 bridgehead atoms. The first kappa shape index (κ1) is 24.4. The van der Waals surface area contributed by atoms with E-state index in [4.69, 9.17) is 9.72 Å². The fraction of sp³-hybridized carbons (Fsp3) is 0.400. The molecule has 0 atom stereocenters. The van der Waals surface area contributed by atoms with Crippen molar-refractivity contribution in [3.05, 3.63) is 59.3 Å². The molecule has 1 N–H and O–H groups in total. The molecular formula is C30H33N5O3. The number of benzene rings is 2. The van der Waals surface area contributed by atoms with Crippen LogP contribution in [0.1, 0.15) is 55.1 Å². The third-order valence-corrected chi connectivity index (χ3v) is 7.51. The number of fused-ring (bicyclic) bond motifs is 5. The number of amides is 2. The first-order valence-corrected chi connectivity index (χ1v) is 13.4. The van der Waals surface area contributed by atoms with E-state index in [1.54, 1.807) is 4.90 Å². The number of nitrogens with one attached hydrogen (secondary N) is 1. The second-order valence-electron chi connectivity index (χ2n) is 11.3. The lowest BCUT2D eigenvalue weighted by atomic mass is 9.85. The molecule has 8 heteroatoms. The summed E-state index contributed by atoms with van der Waals surface area (Å²) in [6.07, 6.45) is 5.95. The molecular weight excluding hydrogens is 478 g/mol. The Balaban J connectivity index is 1.23. The number of carbonyl (C=O) groups is 2. The molecule has 2 amide bonds. The maximum Gasteiger partial charge on any atom is 0.410 e. The largest absolute Gasteiger partial charge is 0.444 e. The summed E-state index contributed by atoms with van der Waals surface area (Å²) in [5.41, 5.74) is 6.88. The molecule has 2 aromatic carbocycles. The Labute approximate surface area is 222 Å². The van der Waals surface area contributed by atoms with E-state index in [-0.39, 0.29) is 12.0 Å². The van der Waals surface area contributed by atoms with Gasteiger partial charge in [0.2, 0.25) is 0 Å². The summed E-state index contributed by atoms with van der Waals surface area (Å²) in [5.74, 6) is -0.0174. The van der Waals surface area contributed by atoms with Crippen LogP contribution in [-0.4, -0.2) is 68.8 Å². The van der Waals surface area contributed by atoms with Gasteiger partial charge in [-0.15, -0.1) is 0 Å². The van der Waals surface area contributed by atoms with E-state index in [2.05, 4.69) is 16.3 Å². The Morgan fingerprint density at radius 2 is 1.58 bits per heavy atom. The highest BCUT2D eigenvalue weighted by Gasteiger charge is 2.28. The fourth-order valence-electron chi connectivity index (χ4n) is 5.66.